The average molecular weight is 404 g/mol. The molecule has 128 valence electrons. The maximum absolute atomic E-state index is 12.4. The van der Waals surface area contributed by atoms with E-state index in [2.05, 4.69) is 21.2 Å². The highest BCUT2D eigenvalue weighted by Crippen LogP contribution is 2.39. The van der Waals surface area contributed by atoms with Crippen molar-refractivity contribution in [3.63, 3.8) is 0 Å². The molecule has 0 aliphatic carbocycles. The molecule has 2 amide bonds. The highest BCUT2D eigenvalue weighted by Gasteiger charge is 2.32. The van der Waals surface area contributed by atoms with Crippen LogP contribution in [0.2, 0.25) is 0 Å². The molecule has 3 rings (SSSR count). The fourth-order valence-corrected chi connectivity index (χ4v) is 3.27. The van der Waals surface area contributed by atoms with Crippen molar-refractivity contribution in [2.24, 2.45) is 0 Å². The van der Waals surface area contributed by atoms with Crippen LogP contribution in [0.3, 0.4) is 0 Å². The lowest BCUT2D eigenvalue weighted by atomic mass is 10.0. The smallest absolute Gasteiger partial charge is 0.269 e. The van der Waals surface area contributed by atoms with E-state index in [1.165, 1.54) is 19.1 Å². The normalized spacial score (nSPS) is 16.6. The predicted molar refractivity (Wildman–Crippen MR) is 96.4 cm³/mol. The summed E-state index contributed by atoms with van der Waals surface area (Å²) in [6.07, 6.45) is 0.0592. The van der Waals surface area contributed by atoms with Gasteiger partial charge in [-0.15, -0.1) is 0 Å². The minimum Gasteiger partial charge on any atom is -0.324 e. The largest absolute Gasteiger partial charge is 0.324 e. The van der Waals surface area contributed by atoms with Crippen molar-refractivity contribution in [1.82, 2.24) is 0 Å². The summed E-state index contributed by atoms with van der Waals surface area (Å²) in [4.78, 5) is 36.5. The Bertz CT molecular complexity index is 867. The molecule has 25 heavy (non-hydrogen) atoms. The SMILES string of the molecule is CC(=O)N1c2cc(Br)ccc2NC(=O)C[C@H]1c1ccc([N+](=O)[O-])cc1. The molecule has 8 heteroatoms. The molecule has 2 aromatic carbocycles. The van der Waals surface area contributed by atoms with Crippen molar-refractivity contribution < 1.29 is 14.5 Å². The number of anilines is 2. The van der Waals surface area contributed by atoms with E-state index >= 15 is 0 Å². The summed E-state index contributed by atoms with van der Waals surface area (Å²) in [7, 11) is 0. The van der Waals surface area contributed by atoms with Crippen LogP contribution in [0.15, 0.2) is 46.9 Å². The molecule has 1 atom stereocenters. The molecule has 7 nitrogen and oxygen atoms in total. The Labute approximate surface area is 151 Å². The van der Waals surface area contributed by atoms with Crippen LogP contribution >= 0.6 is 15.9 Å². The van der Waals surface area contributed by atoms with Gasteiger partial charge in [-0.1, -0.05) is 28.1 Å². The Morgan fingerprint density at radius 2 is 1.96 bits per heavy atom. The lowest BCUT2D eigenvalue weighted by molar-refractivity contribution is -0.384. The second kappa shape index (κ2) is 6.64. The number of halogens is 1. The van der Waals surface area contributed by atoms with Crippen LogP contribution in [0.25, 0.3) is 0 Å². The van der Waals surface area contributed by atoms with Crippen molar-refractivity contribution >= 4 is 44.8 Å². The molecule has 1 N–H and O–H groups in total. The summed E-state index contributed by atoms with van der Waals surface area (Å²) < 4.78 is 0.774. The number of benzene rings is 2. The van der Waals surface area contributed by atoms with E-state index < -0.39 is 11.0 Å². The highest BCUT2D eigenvalue weighted by molar-refractivity contribution is 9.10. The van der Waals surface area contributed by atoms with Crippen LogP contribution < -0.4 is 10.2 Å². The van der Waals surface area contributed by atoms with Crippen molar-refractivity contribution in [2.45, 2.75) is 19.4 Å². The highest BCUT2D eigenvalue weighted by atomic mass is 79.9. The third-order valence-electron chi connectivity index (χ3n) is 4.01. The summed E-state index contributed by atoms with van der Waals surface area (Å²) in [5.74, 6) is -0.449. The number of carbonyl (C=O) groups excluding carboxylic acids is 2. The second-order valence-corrected chi connectivity index (χ2v) is 6.58. The molecule has 0 saturated carbocycles. The number of hydrogen-bond donors (Lipinski definition) is 1. The number of fused-ring (bicyclic) bond motifs is 1. The molecule has 0 radical (unpaired) electrons. The number of carbonyl (C=O) groups is 2. The van der Waals surface area contributed by atoms with E-state index in [1.807, 2.05) is 0 Å². The topological polar surface area (TPSA) is 92.6 Å². The molecule has 1 aliphatic heterocycles. The number of non-ortho nitro benzene ring substituents is 1. The third-order valence-corrected chi connectivity index (χ3v) is 4.51. The molecule has 0 aromatic heterocycles. The van der Waals surface area contributed by atoms with Gasteiger partial charge in [0.05, 0.1) is 28.8 Å². The van der Waals surface area contributed by atoms with Crippen LogP contribution in [0.5, 0.6) is 0 Å². The first-order chi connectivity index (χ1) is 11.9. The summed E-state index contributed by atoms with van der Waals surface area (Å²) >= 11 is 3.38. The minimum absolute atomic E-state index is 0.0423. The van der Waals surface area contributed by atoms with E-state index in [1.54, 1.807) is 35.2 Å². The van der Waals surface area contributed by atoms with Gasteiger partial charge in [-0.05, 0) is 23.8 Å². The van der Waals surface area contributed by atoms with E-state index in [4.69, 9.17) is 0 Å². The van der Waals surface area contributed by atoms with Crippen LogP contribution in [-0.4, -0.2) is 16.7 Å². The number of nitrogens with zero attached hydrogens (tertiary/aromatic N) is 2. The van der Waals surface area contributed by atoms with Crippen LogP contribution in [0, 0.1) is 10.1 Å². The number of nitro groups is 1. The van der Waals surface area contributed by atoms with Crippen molar-refractivity contribution in [3.05, 3.63) is 62.6 Å². The van der Waals surface area contributed by atoms with Gasteiger partial charge < -0.3 is 10.2 Å². The number of rotatable bonds is 2. The van der Waals surface area contributed by atoms with E-state index in [9.17, 15) is 19.7 Å². The Balaban J connectivity index is 2.11. The maximum Gasteiger partial charge on any atom is 0.269 e. The Hall–Kier alpha value is -2.74. The molecule has 0 spiro atoms. The van der Waals surface area contributed by atoms with Crippen LogP contribution in [-0.2, 0) is 9.59 Å². The molecular formula is C17H14BrN3O4. The first kappa shape index (κ1) is 17.1. The zero-order valence-electron chi connectivity index (χ0n) is 13.2. The van der Waals surface area contributed by atoms with Crippen molar-refractivity contribution in [3.8, 4) is 0 Å². The third kappa shape index (κ3) is 3.39. The average Bonchev–Trinajstić information content (AvgIpc) is 2.70. The second-order valence-electron chi connectivity index (χ2n) is 5.67. The van der Waals surface area contributed by atoms with Gasteiger partial charge in [-0.3, -0.25) is 19.7 Å². The minimum atomic E-state index is -0.547. The molecule has 0 saturated heterocycles. The lowest BCUT2D eigenvalue weighted by Gasteiger charge is -2.29. The summed E-state index contributed by atoms with van der Waals surface area (Å²) in [6, 6.07) is 10.6. The van der Waals surface area contributed by atoms with E-state index in [0.717, 1.165) is 4.47 Å². The number of nitro benzene ring substituents is 1. The predicted octanol–water partition coefficient (Wildman–Crippen LogP) is 3.79. The van der Waals surface area contributed by atoms with E-state index in [0.29, 0.717) is 16.9 Å². The fraction of sp³-hybridized carbons (Fsp3) is 0.176. The molecule has 2 aromatic rings. The zero-order valence-corrected chi connectivity index (χ0v) is 14.8. The van der Waals surface area contributed by atoms with Crippen LogP contribution in [0.1, 0.15) is 24.9 Å². The molecule has 1 aliphatic rings. The van der Waals surface area contributed by atoms with Gasteiger partial charge in [0.25, 0.3) is 5.69 Å². The van der Waals surface area contributed by atoms with Gasteiger partial charge in [0, 0.05) is 23.5 Å². The van der Waals surface area contributed by atoms with Gasteiger partial charge in [0.15, 0.2) is 0 Å². The molecule has 0 bridgehead atoms. The quantitative estimate of drug-likeness (QED) is 0.609. The summed E-state index contributed by atoms with van der Waals surface area (Å²) in [5, 5.41) is 13.6. The standard InChI is InChI=1S/C17H14BrN3O4/c1-10(22)20-15(11-2-5-13(6-3-11)21(24)25)9-17(23)19-14-7-4-12(18)8-16(14)20/h2-8,15H,9H2,1H3,(H,19,23)/t15-/m0/s1. The first-order valence-electron chi connectivity index (χ1n) is 7.50. The van der Waals surface area contributed by atoms with Gasteiger partial charge in [0.2, 0.25) is 11.8 Å². The Kier molecular flexibility index (Phi) is 4.54. The Morgan fingerprint density at radius 3 is 2.56 bits per heavy atom. The van der Waals surface area contributed by atoms with Gasteiger partial charge in [-0.2, -0.15) is 0 Å². The maximum atomic E-state index is 12.4. The molecular weight excluding hydrogens is 390 g/mol. The first-order valence-corrected chi connectivity index (χ1v) is 8.29. The van der Waals surface area contributed by atoms with Crippen molar-refractivity contribution in [1.29, 1.82) is 0 Å². The molecule has 0 fully saturated rings. The monoisotopic (exact) mass is 403 g/mol. The molecule has 0 unspecified atom stereocenters. The summed E-state index contributed by atoms with van der Waals surface area (Å²) in [6.45, 7) is 1.43. The lowest BCUT2D eigenvalue weighted by Crippen LogP contribution is -2.33. The van der Waals surface area contributed by atoms with Gasteiger partial charge in [0.1, 0.15) is 0 Å². The Morgan fingerprint density at radius 1 is 1.28 bits per heavy atom. The van der Waals surface area contributed by atoms with Crippen LogP contribution in [0.4, 0.5) is 17.1 Å². The van der Waals surface area contributed by atoms with E-state index in [-0.39, 0.29) is 23.9 Å². The molecule has 1 heterocycles. The van der Waals surface area contributed by atoms with Gasteiger partial charge >= 0.3 is 0 Å². The fourth-order valence-electron chi connectivity index (χ4n) is 2.92. The number of nitrogens with one attached hydrogen (secondary N) is 1. The zero-order chi connectivity index (χ0) is 18.1. The number of hydrogen-bond acceptors (Lipinski definition) is 4. The number of amides is 2. The van der Waals surface area contributed by atoms with Gasteiger partial charge in [-0.25, -0.2) is 0 Å². The summed E-state index contributed by atoms with van der Waals surface area (Å²) in [5.41, 5.74) is 1.74. The van der Waals surface area contributed by atoms with Crippen molar-refractivity contribution in [2.75, 3.05) is 10.2 Å².